The maximum atomic E-state index is 11.2. The Bertz CT molecular complexity index is 392. The molecule has 1 aromatic rings. The van der Waals surface area contributed by atoms with Crippen LogP contribution in [0.1, 0.15) is 82.4 Å². The molecule has 0 heterocycles. The third kappa shape index (κ3) is 5.44. The zero-order valence-electron chi connectivity index (χ0n) is 14.1. The van der Waals surface area contributed by atoms with E-state index < -0.39 is 5.60 Å². The van der Waals surface area contributed by atoms with Crippen LogP contribution in [0.3, 0.4) is 0 Å². The van der Waals surface area contributed by atoms with E-state index in [1.54, 1.807) is 0 Å². The summed E-state index contributed by atoms with van der Waals surface area (Å²) in [6.07, 6.45) is 8.39. The van der Waals surface area contributed by atoms with Gasteiger partial charge in [0, 0.05) is 0 Å². The molecule has 0 aliphatic rings. The van der Waals surface area contributed by atoms with E-state index in [9.17, 15) is 5.11 Å². The molecule has 0 radical (unpaired) electrons. The fourth-order valence-corrected chi connectivity index (χ4v) is 3.02. The zero-order chi connectivity index (χ0) is 15.7. The van der Waals surface area contributed by atoms with Crippen molar-refractivity contribution in [2.45, 2.75) is 83.8 Å². The zero-order valence-corrected chi connectivity index (χ0v) is 14.1. The van der Waals surface area contributed by atoms with Crippen molar-refractivity contribution in [3.05, 3.63) is 35.4 Å². The number of nitrogens with two attached hydrogens (primary N) is 1. The topological polar surface area (TPSA) is 46.2 Å². The average molecular weight is 291 g/mol. The second kappa shape index (κ2) is 9.22. The van der Waals surface area contributed by atoms with E-state index in [0.29, 0.717) is 0 Å². The van der Waals surface area contributed by atoms with Crippen molar-refractivity contribution in [3.8, 4) is 0 Å². The fourth-order valence-electron chi connectivity index (χ4n) is 3.02. The first-order valence-corrected chi connectivity index (χ1v) is 8.58. The van der Waals surface area contributed by atoms with Gasteiger partial charge in [-0.1, -0.05) is 76.6 Å². The van der Waals surface area contributed by atoms with E-state index in [2.05, 4.69) is 32.9 Å². The number of hydrogen-bond donors (Lipinski definition) is 2. The molecule has 0 aliphatic carbocycles. The predicted octanol–water partition coefficient (Wildman–Crippen LogP) is 4.89. The summed E-state index contributed by atoms with van der Waals surface area (Å²) < 4.78 is 0. The summed E-state index contributed by atoms with van der Waals surface area (Å²) >= 11 is 0. The van der Waals surface area contributed by atoms with Crippen LogP contribution in [-0.2, 0) is 0 Å². The van der Waals surface area contributed by atoms with Gasteiger partial charge in [-0.05, 0) is 30.9 Å². The van der Waals surface area contributed by atoms with Gasteiger partial charge in [-0.3, -0.25) is 0 Å². The molecule has 1 rings (SSSR count). The van der Waals surface area contributed by atoms with Crippen LogP contribution in [0, 0.1) is 6.92 Å². The summed E-state index contributed by atoms with van der Waals surface area (Å²) in [6.45, 7) is 6.46. The SMILES string of the molecule is CCCCCC(O)(CCCCC)C(N)c1ccccc1C. The highest BCUT2D eigenvalue weighted by Gasteiger charge is 2.34. The van der Waals surface area contributed by atoms with Crippen molar-refractivity contribution in [2.24, 2.45) is 5.73 Å². The molecule has 21 heavy (non-hydrogen) atoms. The molecular weight excluding hydrogens is 258 g/mol. The molecule has 1 unspecified atom stereocenters. The standard InChI is InChI=1S/C19H33NO/c1-4-6-10-14-19(21,15-11-7-5-2)18(20)17-13-9-8-12-16(17)3/h8-9,12-13,18,21H,4-7,10-11,14-15,20H2,1-3H3. The molecule has 120 valence electrons. The van der Waals surface area contributed by atoms with Crippen LogP contribution in [0.2, 0.25) is 0 Å². The third-order valence-corrected chi connectivity index (χ3v) is 4.53. The lowest BCUT2D eigenvalue weighted by atomic mass is 9.79. The molecule has 0 bridgehead atoms. The molecular formula is C19H33NO. The Morgan fingerprint density at radius 3 is 2.00 bits per heavy atom. The number of aliphatic hydroxyl groups is 1. The highest BCUT2D eigenvalue weighted by Crippen LogP contribution is 2.34. The van der Waals surface area contributed by atoms with E-state index in [1.807, 2.05) is 12.1 Å². The minimum atomic E-state index is -0.767. The smallest absolute Gasteiger partial charge is 0.0839 e. The van der Waals surface area contributed by atoms with Crippen molar-refractivity contribution in [1.82, 2.24) is 0 Å². The maximum absolute atomic E-state index is 11.2. The summed E-state index contributed by atoms with van der Waals surface area (Å²) in [5.41, 5.74) is 7.99. The highest BCUT2D eigenvalue weighted by atomic mass is 16.3. The highest BCUT2D eigenvalue weighted by molar-refractivity contribution is 5.30. The Morgan fingerprint density at radius 2 is 1.52 bits per heavy atom. The normalized spacial score (nSPS) is 13.4. The average Bonchev–Trinajstić information content (AvgIpc) is 2.47. The van der Waals surface area contributed by atoms with E-state index in [0.717, 1.165) is 44.1 Å². The summed E-state index contributed by atoms with van der Waals surface area (Å²) in [6, 6.07) is 7.89. The number of rotatable bonds is 10. The molecule has 0 aliphatic heterocycles. The van der Waals surface area contributed by atoms with Crippen molar-refractivity contribution in [2.75, 3.05) is 0 Å². The lowest BCUT2D eigenvalue weighted by Crippen LogP contribution is -2.41. The minimum absolute atomic E-state index is 0.285. The molecule has 0 spiro atoms. The van der Waals surface area contributed by atoms with Crippen molar-refractivity contribution < 1.29 is 5.11 Å². The molecule has 0 amide bonds. The lowest BCUT2D eigenvalue weighted by Gasteiger charge is -2.35. The number of aryl methyl sites for hydroxylation is 1. The lowest BCUT2D eigenvalue weighted by molar-refractivity contribution is -0.00778. The number of hydrogen-bond acceptors (Lipinski definition) is 2. The van der Waals surface area contributed by atoms with E-state index in [-0.39, 0.29) is 6.04 Å². The molecule has 3 N–H and O–H groups in total. The minimum Gasteiger partial charge on any atom is -0.388 e. The number of unbranched alkanes of at least 4 members (excludes halogenated alkanes) is 4. The molecule has 0 saturated heterocycles. The summed E-state index contributed by atoms with van der Waals surface area (Å²) in [4.78, 5) is 0. The summed E-state index contributed by atoms with van der Waals surface area (Å²) in [7, 11) is 0. The van der Waals surface area contributed by atoms with Crippen molar-refractivity contribution in [1.29, 1.82) is 0 Å². The Kier molecular flexibility index (Phi) is 7.98. The van der Waals surface area contributed by atoms with Gasteiger partial charge in [0.1, 0.15) is 0 Å². The van der Waals surface area contributed by atoms with Crippen molar-refractivity contribution >= 4 is 0 Å². The van der Waals surface area contributed by atoms with Gasteiger partial charge in [0.15, 0.2) is 0 Å². The van der Waals surface area contributed by atoms with E-state index in [1.165, 1.54) is 18.4 Å². The monoisotopic (exact) mass is 291 g/mol. The molecule has 0 aromatic heterocycles. The largest absolute Gasteiger partial charge is 0.388 e. The van der Waals surface area contributed by atoms with Crippen molar-refractivity contribution in [3.63, 3.8) is 0 Å². The van der Waals surface area contributed by atoms with Gasteiger partial charge in [0.05, 0.1) is 11.6 Å². The Hall–Kier alpha value is -0.860. The summed E-state index contributed by atoms with van der Waals surface area (Å²) in [5.74, 6) is 0. The third-order valence-electron chi connectivity index (χ3n) is 4.53. The van der Waals surface area contributed by atoms with Gasteiger partial charge in [0.2, 0.25) is 0 Å². The first-order chi connectivity index (χ1) is 10.0. The van der Waals surface area contributed by atoms with E-state index >= 15 is 0 Å². The quantitative estimate of drug-likeness (QED) is 0.603. The first kappa shape index (κ1) is 18.2. The van der Waals surface area contributed by atoms with Crippen LogP contribution in [-0.4, -0.2) is 10.7 Å². The Balaban J connectivity index is 2.85. The van der Waals surface area contributed by atoms with Gasteiger partial charge in [-0.15, -0.1) is 0 Å². The van der Waals surface area contributed by atoms with Crippen LogP contribution < -0.4 is 5.73 Å². The van der Waals surface area contributed by atoms with Gasteiger partial charge < -0.3 is 10.8 Å². The molecule has 1 atom stereocenters. The molecule has 0 saturated carbocycles. The predicted molar refractivity (Wildman–Crippen MR) is 91.3 cm³/mol. The second-order valence-electron chi connectivity index (χ2n) is 6.35. The fraction of sp³-hybridized carbons (Fsp3) is 0.684. The number of benzene rings is 1. The molecule has 0 fully saturated rings. The van der Waals surface area contributed by atoms with Gasteiger partial charge in [0.25, 0.3) is 0 Å². The van der Waals surface area contributed by atoms with Gasteiger partial charge in [-0.2, -0.15) is 0 Å². The van der Waals surface area contributed by atoms with Crippen LogP contribution in [0.15, 0.2) is 24.3 Å². The van der Waals surface area contributed by atoms with Gasteiger partial charge >= 0.3 is 0 Å². The molecule has 2 nitrogen and oxygen atoms in total. The van der Waals surface area contributed by atoms with Crippen LogP contribution in [0.5, 0.6) is 0 Å². The molecule has 1 aromatic carbocycles. The van der Waals surface area contributed by atoms with Crippen LogP contribution in [0.4, 0.5) is 0 Å². The van der Waals surface area contributed by atoms with Crippen LogP contribution in [0.25, 0.3) is 0 Å². The summed E-state index contributed by atoms with van der Waals surface area (Å²) in [5, 5.41) is 11.2. The Morgan fingerprint density at radius 1 is 1.00 bits per heavy atom. The van der Waals surface area contributed by atoms with E-state index in [4.69, 9.17) is 5.73 Å². The first-order valence-electron chi connectivity index (χ1n) is 8.58. The maximum Gasteiger partial charge on any atom is 0.0839 e. The second-order valence-corrected chi connectivity index (χ2v) is 6.35. The Labute approximate surface area is 130 Å². The van der Waals surface area contributed by atoms with Crippen LogP contribution >= 0.6 is 0 Å². The van der Waals surface area contributed by atoms with Gasteiger partial charge in [-0.25, -0.2) is 0 Å². The molecule has 2 heteroatoms.